The van der Waals surface area contributed by atoms with E-state index in [-0.39, 0.29) is 18.6 Å². The van der Waals surface area contributed by atoms with E-state index in [2.05, 4.69) is 29.1 Å². The smallest absolute Gasteiger partial charge is 0.251 e. The first-order chi connectivity index (χ1) is 10.1. The summed E-state index contributed by atoms with van der Waals surface area (Å²) in [5, 5.41) is 12.1. The summed E-state index contributed by atoms with van der Waals surface area (Å²) in [7, 11) is 2.09. The Hall–Kier alpha value is -1.54. The second kappa shape index (κ2) is 7.46. The van der Waals surface area contributed by atoms with Crippen molar-refractivity contribution in [1.29, 1.82) is 0 Å². The molecule has 0 bridgehead atoms. The summed E-state index contributed by atoms with van der Waals surface area (Å²) in [6.07, 6.45) is 1.94. The fraction of sp³-hybridized carbons (Fsp3) is 0.438. The average molecular weight is 307 g/mol. The summed E-state index contributed by atoms with van der Waals surface area (Å²) in [6.45, 7) is 1.79. The van der Waals surface area contributed by atoms with Gasteiger partial charge in [0.1, 0.15) is 6.61 Å². The van der Waals surface area contributed by atoms with Gasteiger partial charge in [-0.05, 0) is 51.2 Å². The highest BCUT2D eigenvalue weighted by Gasteiger charge is 2.19. The first-order valence-corrected chi connectivity index (χ1v) is 7.36. The van der Waals surface area contributed by atoms with Crippen LogP contribution in [0.2, 0.25) is 5.02 Å². The fourth-order valence-electron chi connectivity index (χ4n) is 2.31. The highest BCUT2D eigenvalue weighted by Crippen LogP contribution is 2.17. The number of nitrogens with zero attached hydrogens (tertiary/aromatic N) is 1. The van der Waals surface area contributed by atoms with Gasteiger partial charge in [-0.25, -0.2) is 0 Å². The number of amides is 1. The summed E-state index contributed by atoms with van der Waals surface area (Å²) in [6, 6.07) is 5.25. The number of benzene rings is 1. The molecule has 1 saturated heterocycles. The molecule has 1 aliphatic heterocycles. The standard InChI is InChI=1S/C16H19ClN2O2/c1-19-8-6-14(7-9-19)18-16(21)13-5-4-12(3-2-10-20)15(17)11-13/h4-5,11,14,20H,6-10H2,1H3,(H,18,21). The third-order valence-corrected chi connectivity index (χ3v) is 3.90. The second-order valence-corrected chi connectivity index (χ2v) is 5.61. The molecule has 2 rings (SSSR count). The van der Waals surface area contributed by atoms with Gasteiger partial charge in [-0.3, -0.25) is 4.79 Å². The van der Waals surface area contributed by atoms with Crippen LogP contribution in [0, 0.1) is 11.8 Å². The largest absolute Gasteiger partial charge is 0.384 e. The summed E-state index contributed by atoms with van der Waals surface area (Å²) in [5.74, 6) is 5.18. The van der Waals surface area contributed by atoms with Crippen molar-refractivity contribution >= 4 is 17.5 Å². The van der Waals surface area contributed by atoms with Crippen molar-refractivity contribution in [3.8, 4) is 11.8 Å². The normalized spacial score (nSPS) is 16.1. The number of aliphatic hydroxyl groups is 1. The number of halogens is 1. The van der Waals surface area contributed by atoms with Gasteiger partial charge in [-0.2, -0.15) is 0 Å². The van der Waals surface area contributed by atoms with E-state index in [9.17, 15) is 4.79 Å². The monoisotopic (exact) mass is 306 g/mol. The highest BCUT2D eigenvalue weighted by atomic mass is 35.5. The molecule has 112 valence electrons. The van der Waals surface area contributed by atoms with Crippen molar-refractivity contribution in [3.05, 3.63) is 34.3 Å². The summed E-state index contributed by atoms with van der Waals surface area (Å²) >= 11 is 6.10. The lowest BCUT2D eigenvalue weighted by molar-refractivity contribution is 0.0917. The number of rotatable bonds is 2. The maximum Gasteiger partial charge on any atom is 0.251 e. The molecule has 0 aliphatic carbocycles. The first-order valence-electron chi connectivity index (χ1n) is 6.99. The van der Waals surface area contributed by atoms with Gasteiger partial charge in [0, 0.05) is 17.2 Å². The van der Waals surface area contributed by atoms with Gasteiger partial charge in [0.05, 0.1) is 5.02 Å². The van der Waals surface area contributed by atoms with Gasteiger partial charge >= 0.3 is 0 Å². The van der Waals surface area contributed by atoms with Crippen LogP contribution in [0.4, 0.5) is 0 Å². The third kappa shape index (κ3) is 4.47. The van der Waals surface area contributed by atoms with Crippen LogP contribution in [0.1, 0.15) is 28.8 Å². The van der Waals surface area contributed by atoms with Crippen LogP contribution in [-0.4, -0.2) is 48.7 Å². The predicted molar refractivity (Wildman–Crippen MR) is 83.4 cm³/mol. The molecule has 1 aromatic carbocycles. The van der Waals surface area contributed by atoms with Crippen molar-refractivity contribution < 1.29 is 9.90 Å². The Labute approximate surface area is 130 Å². The number of carbonyl (C=O) groups excluding carboxylic acids is 1. The molecule has 0 radical (unpaired) electrons. The first kappa shape index (κ1) is 15.8. The Bertz CT molecular complexity index is 569. The lowest BCUT2D eigenvalue weighted by atomic mass is 10.0. The molecule has 5 heteroatoms. The van der Waals surface area contributed by atoms with Gasteiger partial charge in [-0.1, -0.05) is 23.4 Å². The highest BCUT2D eigenvalue weighted by molar-refractivity contribution is 6.32. The van der Waals surface area contributed by atoms with Gasteiger partial charge < -0.3 is 15.3 Å². The number of hydrogen-bond acceptors (Lipinski definition) is 3. The van der Waals surface area contributed by atoms with Crippen molar-refractivity contribution in [1.82, 2.24) is 10.2 Å². The Kier molecular flexibility index (Phi) is 5.63. The zero-order chi connectivity index (χ0) is 15.2. The maximum atomic E-state index is 12.2. The zero-order valence-corrected chi connectivity index (χ0v) is 12.8. The van der Waals surface area contributed by atoms with Gasteiger partial charge in [-0.15, -0.1) is 0 Å². The number of aliphatic hydroxyl groups excluding tert-OH is 1. The molecule has 0 spiro atoms. The number of nitrogens with one attached hydrogen (secondary N) is 1. The molecule has 0 aromatic heterocycles. The zero-order valence-electron chi connectivity index (χ0n) is 12.0. The van der Waals surface area contributed by atoms with Crippen LogP contribution in [0.15, 0.2) is 18.2 Å². The van der Waals surface area contributed by atoms with Crippen LogP contribution < -0.4 is 5.32 Å². The van der Waals surface area contributed by atoms with Crippen LogP contribution in [0.25, 0.3) is 0 Å². The molecule has 1 heterocycles. The van der Waals surface area contributed by atoms with E-state index in [0.29, 0.717) is 16.1 Å². The molecule has 21 heavy (non-hydrogen) atoms. The van der Waals surface area contributed by atoms with E-state index in [4.69, 9.17) is 16.7 Å². The molecule has 0 unspecified atom stereocenters. The molecule has 4 nitrogen and oxygen atoms in total. The molecule has 1 fully saturated rings. The summed E-state index contributed by atoms with van der Waals surface area (Å²) in [4.78, 5) is 14.5. The van der Waals surface area contributed by atoms with E-state index < -0.39 is 0 Å². The second-order valence-electron chi connectivity index (χ2n) is 5.21. The number of piperidine rings is 1. The Balaban J connectivity index is 2.01. The molecule has 1 amide bonds. The fourth-order valence-corrected chi connectivity index (χ4v) is 2.54. The van der Waals surface area contributed by atoms with Crippen LogP contribution in [-0.2, 0) is 0 Å². The predicted octanol–water partition coefficient (Wildman–Crippen LogP) is 1.51. The van der Waals surface area contributed by atoms with Crippen molar-refractivity contribution in [2.45, 2.75) is 18.9 Å². The number of likely N-dealkylation sites (tertiary alicyclic amines) is 1. The van der Waals surface area contributed by atoms with Crippen molar-refractivity contribution in [3.63, 3.8) is 0 Å². The van der Waals surface area contributed by atoms with Crippen molar-refractivity contribution in [2.75, 3.05) is 26.7 Å². The molecule has 2 N–H and O–H groups in total. The molecule has 1 aliphatic rings. The molecular weight excluding hydrogens is 288 g/mol. The number of carbonyl (C=O) groups is 1. The summed E-state index contributed by atoms with van der Waals surface area (Å²) < 4.78 is 0. The van der Waals surface area contributed by atoms with Gasteiger partial charge in [0.2, 0.25) is 0 Å². The maximum absolute atomic E-state index is 12.2. The lowest BCUT2D eigenvalue weighted by Gasteiger charge is -2.29. The topological polar surface area (TPSA) is 52.6 Å². The lowest BCUT2D eigenvalue weighted by Crippen LogP contribution is -2.43. The third-order valence-electron chi connectivity index (χ3n) is 3.59. The average Bonchev–Trinajstić information content (AvgIpc) is 2.48. The van der Waals surface area contributed by atoms with E-state index in [1.165, 1.54) is 0 Å². The molecule has 0 atom stereocenters. The molecule has 0 saturated carbocycles. The molecular formula is C16H19ClN2O2. The summed E-state index contributed by atoms with van der Waals surface area (Å²) in [5.41, 5.74) is 1.15. The van der Waals surface area contributed by atoms with Crippen LogP contribution in [0.5, 0.6) is 0 Å². The van der Waals surface area contributed by atoms with Gasteiger partial charge in [0.15, 0.2) is 0 Å². The van der Waals surface area contributed by atoms with Crippen LogP contribution in [0.3, 0.4) is 0 Å². The minimum absolute atomic E-state index is 0.104. The minimum Gasteiger partial charge on any atom is -0.384 e. The van der Waals surface area contributed by atoms with Gasteiger partial charge in [0.25, 0.3) is 5.91 Å². The van der Waals surface area contributed by atoms with E-state index in [1.807, 2.05) is 0 Å². The molecule has 1 aromatic rings. The Morgan fingerprint density at radius 2 is 2.19 bits per heavy atom. The van der Waals surface area contributed by atoms with Crippen LogP contribution >= 0.6 is 11.6 Å². The number of hydrogen-bond donors (Lipinski definition) is 2. The minimum atomic E-state index is -0.214. The van der Waals surface area contributed by atoms with E-state index in [1.54, 1.807) is 18.2 Å². The van der Waals surface area contributed by atoms with Crippen molar-refractivity contribution in [2.24, 2.45) is 0 Å². The van der Waals surface area contributed by atoms with E-state index >= 15 is 0 Å². The Morgan fingerprint density at radius 1 is 1.48 bits per heavy atom. The van der Waals surface area contributed by atoms with E-state index in [0.717, 1.165) is 25.9 Å². The SMILES string of the molecule is CN1CCC(NC(=O)c2ccc(C#CCO)c(Cl)c2)CC1. The quantitative estimate of drug-likeness (QED) is 0.814. The Morgan fingerprint density at radius 3 is 2.81 bits per heavy atom.